The molecule has 1 N–H and O–H groups in total. The lowest BCUT2D eigenvalue weighted by Gasteiger charge is -2.02. The lowest BCUT2D eigenvalue weighted by atomic mass is 10.3. The molecule has 8 heteroatoms. The van der Waals surface area contributed by atoms with Crippen molar-refractivity contribution in [3.8, 4) is 0 Å². The number of hydrogen-bond donors (Lipinski definition) is 1. The van der Waals surface area contributed by atoms with Gasteiger partial charge in [0.05, 0.1) is 0 Å². The van der Waals surface area contributed by atoms with Crippen LogP contribution in [0.3, 0.4) is 0 Å². The first kappa shape index (κ1) is 12.7. The first-order valence-electron chi connectivity index (χ1n) is 6.11. The minimum absolute atomic E-state index is 0.0774. The van der Waals surface area contributed by atoms with Crippen molar-refractivity contribution in [1.29, 1.82) is 0 Å². The molecule has 7 nitrogen and oxygen atoms in total. The standard InChI is InChI=1S/C12H12N6OS/c1-8-15-16-12-18(8)17-11(20-12)6-5-10(19)14-9-4-2-3-7-13-9/h2-4,7H,5-6H2,1H3,(H,13,14,19). The fourth-order valence-electron chi connectivity index (χ4n) is 1.72. The Hall–Kier alpha value is -2.35. The van der Waals surface area contributed by atoms with Gasteiger partial charge >= 0.3 is 0 Å². The maximum Gasteiger partial charge on any atom is 0.234 e. The molecular weight excluding hydrogens is 276 g/mol. The number of carbonyl (C=O) groups is 1. The van der Waals surface area contributed by atoms with Gasteiger partial charge in [0, 0.05) is 19.0 Å². The van der Waals surface area contributed by atoms with Gasteiger partial charge in [0.1, 0.15) is 10.8 Å². The Bertz CT molecular complexity index is 735. The number of nitrogens with one attached hydrogen (secondary N) is 1. The number of rotatable bonds is 4. The molecule has 0 aliphatic carbocycles. The van der Waals surface area contributed by atoms with E-state index in [0.29, 0.717) is 18.7 Å². The maximum atomic E-state index is 11.8. The average Bonchev–Trinajstić information content (AvgIpc) is 3.00. The first-order chi connectivity index (χ1) is 9.72. The SMILES string of the molecule is Cc1nnc2sc(CCC(=O)Nc3ccccn3)nn12. The summed E-state index contributed by atoms with van der Waals surface area (Å²) in [4.78, 5) is 16.6. The molecule has 0 bridgehead atoms. The Morgan fingerprint density at radius 3 is 3.05 bits per heavy atom. The number of fused-ring (bicyclic) bond motifs is 1. The van der Waals surface area contributed by atoms with E-state index in [9.17, 15) is 4.79 Å². The quantitative estimate of drug-likeness (QED) is 0.785. The third kappa shape index (κ3) is 2.64. The summed E-state index contributed by atoms with van der Waals surface area (Å²) in [6.07, 6.45) is 2.58. The normalized spacial score (nSPS) is 10.8. The summed E-state index contributed by atoms with van der Waals surface area (Å²) in [5, 5.41) is 15.9. The number of aryl methyl sites for hydroxylation is 2. The van der Waals surface area contributed by atoms with Crippen LogP contribution < -0.4 is 5.32 Å². The number of amides is 1. The Kier molecular flexibility index (Phi) is 3.38. The van der Waals surface area contributed by atoms with Crippen LogP contribution in [0.15, 0.2) is 24.4 Å². The molecule has 20 heavy (non-hydrogen) atoms. The molecule has 102 valence electrons. The van der Waals surface area contributed by atoms with Crippen molar-refractivity contribution in [3.05, 3.63) is 35.2 Å². The number of anilines is 1. The second-order valence-electron chi connectivity index (χ2n) is 4.20. The highest BCUT2D eigenvalue weighted by molar-refractivity contribution is 7.16. The Labute approximate surface area is 118 Å². The van der Waals surface area contributed by atoms with Crippen LogP contribution in [-0.4, -0.2) is 30.7 Å². The lowest BCUT2D eigenvalue weighted by molar-refractivity contribution is -0.116. The predicted octanol–water partition coefficient (Wildman–Crippen LogP) is 1.46. The predicted molar refractivity (Wildman–Crippen MR) is 74.6 cm³/mol. The highest BCUT2D eigenvalue weighted by Crippen LogP contribution is 2.15. The minimum atomic E-state index is -0.0774. The highest BCUT2D eigenvalue weighted by Gasteiger charge is 2.10. The van der Waals surface area contributed by atoms with Gasteiger partial charge in [0.25, 0.3) is 0 Å². The molecule has 1 amide bonds. The molecule has 0 saturated carbocycles. The van der Waals surface area contributed by atoms with Crippen LogP contribution in [0.4, 0.5) is 5.82 Å². The van der Waals surface area contributed by atoms with E-state index in [4.69, 9.17) is 0 Å². The molecule has 3 heterocycles. The second-order valence-corrected chi connectivity index (χ2v) is 5.24. The molecule has 0 fully saturated rings. The Morgan fingerprint density at radius 1 is 1.40 bits per heavy atom. The van der Waals surface area contributed by atoms with Gasteiger partial charge in [-0.3, -0.25) is 4.79 Å². The fourth-order valence-corrected chi connectivity index (χ4v) is 2.60. The largest absolute Gasteiger partial charge is 0.311 e. The van der Waals surface area contributed by atoms with Gasteiger partial charge in [0.2, 0.25) is 10.9 Å². The number of aromatic nitrogens is 5. The molecule has 0 spiro atoms. The molecule has 3 rings (SSSR count). The summed E-state index contributed by atoms with van der Waals surface area (Å²) < 4.78 is 1.69. The van der Waals surface area contributed by atoms with E-state index in [1.165, 1.54) is 11.3 Å². The molecule has 0 aromatic carbocycles. The number of hydrogen-bond acceptors (Lipinski definition) is 6. The van der Waals surface area contributed by atoms with Crippen molar-refractivity contribution in [2.75, 3.05) is 5.32 Å². The summed E-state index contributed by atoms with van der Waals surface area (Å²) in [5.41, 5.74) is 0. The Balaban J connectivity index is 1.60. The second kappa shape index (κ2) is 5.33. The molecule has 0 radical (unpaired) electrons. The van der Waals surface area contributed by atoms with E-state index in [0.717, 1.165) is 15.8 Å². The summed E-state index contributed by atoms with van der Waals surface area (Å²) in [5.74, 6) is 1.23. The van der Waals surface area contributed by atoms with E-state index in [2.05, 4.69) is 25.6 Å². The smallest absolute Gasteiger partial charge is 0.234 e. The van der Waals surface area contributed by atoms with Gasteiger partial charge in [-0.2, -0.15) is 9.61 Å². The van der Waals surface area contributed by atoms with Crippen LogP contribution in [0.2, 0.25) is 0 Å². The van der Waals surface area contributed by atoms with Crippen LogP contribution in [-0.2, 0) is 11.2 Å². The van der Waals surface area contributed by atoms with Crippen molar-refractivity contribution in [1.82, 2.24) is 24.8 Å². The summed E-state index contributed by atoms with van der Waals surface area (Å²) in [7, 11) is 0. The van der Waals surface area contributed by atoms with Crippen LogP contribution in [0.5, 0.6) is 0 Å². The molecule has 3 aromatic rings. The molecule has 3 aromatic heterocycles. The van der Waals surface area contributed by atoms with Gasteiger partial charge in [-0.1, -0.05) is 17.4 Å². The molecule has 0 saturated heterocycles. The van der Waals surface area contributed by atoms with Gasteiger partial charge in [-0.15, -0.1) is 10.2 Å². The van der Waals surface area contributed by atoms with E-state index in [1.807, 2.05) is 13.0 Å². The van der Waals surface area contributed by atoms with Gasteiger partial charge in [-0.05, 0) is 19.1 Å². The van der Waals surface area contributed by atoms with E-state index >= 15 is 0 Å². The molecule has 0 atom stereocenters. The zero-order valence-corrected chi connectivity index (χ0v) is 11.6. The summed E-state index contributed by atoms with van der Waals surface area (Å²) in [6.45, 7) is 1.84. The van der Waals surface area contributed by atoms with Gasteiger partial charge in [0.15, 0.2) is 5.82 Å². The van der Waals surface area contributed by atoms with E-state index in [-0.39, 0.29) is 5.91 Å². The third-order valence-electron chi connectivity index (χ3n) is 2.69. The third-order valence-corrected chi connectivity index (χ3v) is 3.65. The summed E-state index contributed by atoms with van der Waals surface area (Å²) >= 11 is 1.45. The van der Waals surface area contributed by atoms with Crippen molar-refractivity contribution in [2.45, 2.75) is 19.8 Å². The number of nitrogens with zero attached hydrogens (tertiary/aromatic N) is 5. The molecule has 0 unspecified atom stereocenters. The van der Waals surface area contributed by atoms with E-state index in [1.54, 1.807) is 22.8 Å². The van der Waals surface area contributed by atoms with Gasteiger partial charge < -0.3 is 5.32 Å². The number of carbonyl (C=O) groups excluding carboxylic acids is 1. The van der Waals surface area contributed by atoms with E-state index < -0.39 is 0 Å². The van der Waals surface area contributed by atoms with Crippen molar-refractivity contribution >= 4 is 28.0 Å². The zero-order chi connectivity index (χ0) is 13.9. The van der Waals surface area contributed by atoms with Crippen LogP contribution in [0.1, 0.15) is 17.3 Å². The van der Waals surface area contributed by atoms with Crippen LogP contribution >= 0.6 is 11.3 Å². The molecule has 0 aliphatic rings. The Morgan fingerprint density at radius 2 is 2.30 bits per heavy atom. The first-order valence-corrected chi connectivity index (χ1v) is 6.92. The minimum Gasteiger partial charge on any atom is -0.311 e. The summed E-state index contributed by atoms with van der Waals surface area (Å²) in [6, 6.07) is 5.38. The molecular formula is C12H12N6OS. The van der Waals surface area contributed by atoms with Crippen molar-refractivity contribution in [2.24, 2.45) is 0 Å². The maximum absolute atomic E-state index is 11.8. The highest BCUT2D eigenvalue weighted by atomic mass is 32.1. The number of pyridine rings is 1. The monoisotopic (exact) mass is 288 g/mol. The van der Waals surface area contributed by atoms with Crippen molar-refractivity contribution < 1.29 is 4.79 Å². The zero-order valence-electron chi connectivity index (χ0n) is 10.8. The topological polar surface area (TPSA) is 85.1 Å². The molecule has 0 aliphatic heterocycles. The van der Waals surface area contributed by atoms with Gasteiger partial charge in [-0.25, -0.2) is 4.98 Å². The van der Waals surface area contributed by atoms with Crippen LogP contribution in [0, 0.1) is 6.92 Å². The van der Waals surface area contributed by atoms with Crippen molar-refractivity contribution in [3.63, 3.8) is 0 Å². The lowest BCUT2D eigenvalue weighted by Crippen LogP contribution is -2.13. The van der Waals surface area contributed by atoms with Crippen LogP contribution in [0.25, 0.3) is 4.96 Å². The average molecular weight is 288 g/mol. The fraction of sp³-hybridized carbons (Fsp3) is 0.250.